The quantitative estimate of drug-likeness (QED) is 0.135. The predicted molar refractivity (Wildman–Crippen MR) is 179 cm³/mol. The number of likely N-dealkylation sites (N-methyl/N-ethyl adjacent to an activating group) is 1. The highest BCUT2D eigenvalue weighted by molar-refractivity contribution is 5.92. The topological polar surface area (TPSA) is 72.6 Å². The molecule has 0 bridgehead atoms. The largest absolute Gasteiger partial charge is 0.357 e. The molecule has 4 aromatic rings. The van der Waals surface area contributed by atoms with Crippen LogP contribution in [0.3, 0.4) is 0 Å². The van der Waals surface area contributed by atoms with E-state index < -0.39 is 0 Å². The number of aryl methyl sites for hydroxylation is 2. The van der Waals surface area contributed by atoms with Gasteiger partial charge in [-0.3, -0.25) is 5.10 Å². The second-order valence-electron chi connectivity index (χ2n) is 10.9. The summed E-state index contributed by atoms with van der Waals surface area (Å²) < 4.78 is 14.8. The Kier molecular flexibility index (Phi) is 10.8. The lowest BCUT2D eigenvalue weighted by Crippen LogP contribution is -2.15. The fraction of sp³-hybridized carbons (Fsp3) is 0.278. The summed E-state index contributed by atoms with van der Waals surface area (Å²) in [5, 5.41) is 11.1. The van der Waals surface area contributed by atoms with E-state index in [4.69, 9.17) is 4.98 Å². The number of benzene rings is 1. The lowest BCUT2D eigenvalue weighted by Gasteiger charge is -2.12. The van der Waals surface area contributed by atoms with E-state index in [-0.39, 0.29) is 5.82 Å². The maximum Gasteiger partial charge on any atom is 0.135 e. The predicted octanol–water partition coefficient (Wildman–Crippen LogP) is 7.64. The summed E-state index contributed by atoms with van der Waals surface area (Å²) in [6, 6.07) is 11.4. The number of halogens is 1. The maximum absolute atomic E-state index is 14.8. The van der Waals surface area contributed by atoms with Gasteiger partial charge in [0.15, 0.2) is 0 Å². The molecule has 0 spiro atoms. The van der Waals surface area contributed by atoms with Gasteiger partial charge in [-0.25, -0.2) is 9.37 Å². The van der Waals surface area contributed by atoms with Crippen LogP contribution < -0.4 is 5.32 Å². The normalized spacial score (nSPS) is 12.9. The molecule has 1 aromatic carbocycles. The fourth-order valence-electron chi connectivity index (χ4n) is 5.18. The molecule has 0 aliphatic rings. The lowest BCUT2D eigenvalue weighted by molar-refractivity contribution is 0.400. The number of hydrogen-bond donors (Lipinski definition) is 3. The number of fused-ring (bicyclic) bond motifs is 1. The summed E-state index contributed by atoms with van der Waals surface area (Å²) in [6.07, 6.45) is 11.5. The van der Waals surface area contributed by atoms with Crippen LogP contribution >= 0.6 is 0 Å². The Morgan fingerprint density at radius 3 is 2.65 bits per heavy atom. The molecule has 6 nitrogen and oxygen atoms in total. The van der Waals surface area contributed by atoms with Crippen LogP contribution in [0.25, 0.3) is 33.6 Å². The minimum Gasteiger partial charge on any atom is -0.357 e. The van der Waals surface area contributed by atoms with Crippen molar-refractivity contribution in [3.63, 3.8) is 0 Å². The first-order valence-corrected chi connectivity index (χ1v) is 14.8. The van der Waals surface area contributed by atoms with Gasteiger partial charge < -0.3 is 15.2 Å². The van der Waals surface area contributed by atoms with Crippen molar-refractivity contribution in [2.45, 2.75) is 33.6 Å². The average molecular weight is 579 g/mol. The van der Waals surface area contributed by atoms with E-state index >= 15 is 0 Å². The summed E-state index contributed by atoms with van der Waals surface area (Å²) in [5.74, 6) is -0.241. The Bertz CT molecular complexity index is 1680. The monoisotopic (exact) mass is 578 g/mol. The molecule has 0 saturated heterocycles. The van der Waals surface area contributed by atoms with E-state index in [0.29, 0.717) is 0 Å². The smallest absolute Gasteiger partial charge is 0.135 e. The van der Waals surface area contributed by atoms with Gasteiger partial charge in [0, 0.05) is 17.8 Å². The third-order valence-corrected chi connectivity index (χ3v) is 7.38. The van der Waals surface area contributed by atoms with E-state index in [9.17, 15) is 4.39 Å². The van der Waals surface area contributed by atoms with Gasteiger partial charge in [-0.2, -0.15) is 5.10 Å². The lowest BCUT2D eigenvalue weighted by atomic mass is 9.94. The number of hydrogen-bond acceptors (Lipinski definition) is 4. The van der Waals surface area contributed by atoms with Gasteiger partial charge in [-0.15, -0.1) is 0 Å². The third kappa shape index (κ3) is 7.74. The zero-order chi connectivity index (χ0) is 30.9. The summed E-state index contributed by atoms with van der Waals surface area (Å²) >= 11 is 0. The molecule has 3 aromatic heterocycles. The molecule has 4 rings (SSSR count). The highest BCUT2D eigenvalue weighted by atomic mass is 19.1. The second kappa shape index (κ2) is 14.7. The van der Waals surface area contributed by atoms with Crippen LogP contribution in [0.5, 0.6) is 0 Å². The minimum atomic E-state index is -0.241. The molecule has 0 atom stereocenters. The second-order valence-corrected chi connectivity index (χ2v) is 10.9. The van der Waals surface area contributed by atoms with Gasteiger partial charge in [0.1, 0.15) is 17.0 Å². The summed E-state index contributed by atoms with van der Waals surface area (Å²) in [6.45, 7) is 16.6. The van der Waals surface area contributed by atoms with Crippen molar-refractivity contribution in [1.82, 2.24) is 30.4 Å². The van der Waals surface area contributed by atoms with E-state index in [1.165, 1.54) is 0 Å². The molecule has 7 heteroatoms. The maximum atomic E-state index is 14.8. The Morgan fingerprint density at radius 2 is 1.95 bits per heavy atom. The van der Waals surface area contributed by atoms with Crippen LogP contribution in [0.2, 0.25) is 0 Å². The molecule has 0 saturated carbocycles. The van der Waals surface area contributed by atoms with E-state index in [0.717, 1.165) is 99.7 Å². The Labute approximate surface area is 254 Å². The van der Waals surface area contributed by atoms with Crippen molar-refractivity contribution in [1.29, 1.82) is 0 Å². The number of rotatable bonds is 14. The van der Waals surface area contributed by atoms with Crippen LogP contribution in [0.4, 0.5) is 4.39 Å². The van der Waals surface area contributed by atoms with Gasteiger partial charge in [0.25, 0.3) is 0 Å². The summed E-state index contributed by atoms with van der Waals surface area (Å²) in [4.78, 5) is 10.7. The number of pyridine rings is 1. The highest BCUT2D eigenvalue weighted by Gasteiger charge is 2.18. The number of nitrogens with zero attached hydrogens (tertiary/aromatic N) is 3. The van der Waals surface area contributed by atoms with Gasteiger partial charge in [0.2, 0.25) is 0 Å². The first-order chi connectivity index (χ1) is 20.8. The molecular weight excluding hydrogens is 535 g/mol. The summed E-state index contributed by atoms with van der Waals surface area (Å²) in [7, 11) is 4.10. The van der Waals surface area contributed by atoms with Crippen molar-refractivity contribution in [3.8, 4) is 11.4 Å². The first-order valence-electron chi connectivity index (χ1n) is 14.8. The van der Waals surface area contributed by atoms with Crippen molar-refractivity contribution >= 4 is 22.2 Å². The minimum absolute atomic E-state index is 0.241. The number of nitrogens with one attached hydrogen (secondary N) is 3. The van der Waals surface area contributed by atoms with Gasteiger partial charge in [-0.1, -0.05) is 50.5 Å². The molecule has 0 unspecified atom stereocenters. The third-order valence-electron chi connectivity index (χ3n) is 7.38. The van der Waals surface area contributed by atoms with E-state index in [1.54, 1.807) is 18.2 Å². The Hall–Kier alpha value is -4.33. The number of H-pyrrole nitrogens is 2. The van der Waals surface area contributed by atoms with Crippen molar-refractivity contribution < 1.29 is 4.39 Å². The van der Waals surface area contributed by atoms with Crippen LogP contribution in [0.15, 0.2) is 85.5 Å². The molecule has 3 heterocycles. The van der Waals surface area contributed by atoms with Gasteiger partial charge in [-0.05, 0) is 118 Å². The van der Waals surface area contributed by atoms with Crippen LogP contribution in [-0.4, -0.2) is 58.8 Å². The highest BCUT2D eigenvalue weighted by Crippen LogP contribution is 2.33. The summed E-state index contributed by atoms with van der Waals surface area (Å²) in [5.41, 5.74) is 10.7. The molecule has 3 N–H and O–H groups in total. The molecule has 0 aliphatic carbocycles. The van der Waals surface area contributed by atoms with Crippen LogP contribution in [0.1, 0.15) is 48.3 Å². The number of aromatic nitrogens is 4. The zero-order valence-electron chi connectivity index (χ0n) is 26.0. The molecule has 43 heavy (non-hydrogen) atoms. The molecule has 0 radical (unpaired) electrons. The Balaban J connectivity index is 1.72. The van der Waals surface area contributed by atoms with Crippen molar-refractivity contribution in [2.24, 2.45) is 0 Å². The van der Waals surface area contributed by atoms with Crippen molar-refractivity contribution in [3.05, 3.63) is 119 Å². The molecule has 224 valence electrons. The van der Waals surface area contributed by atoms with Crippen LogP contribution in [0, 0.1) is 12.7 Å². The molecule has 0 fully saturated rings. The van der Waals surface area contributed by atoms with Gasteiger partial charge >= 0.3 is 0 Å². The number of aromatic amines is 2. The van der Waals surface area contributed by atoms with E-state index in [1.807, 2.05) is 38.1 Å². The SMILES string of the molecule is C=C/C=C(/c1cc(F)cc(CCCN(C)C)c1)c1cc(-c2n[nH]c3ccc(C(/C=C(\C=C)CNCC)=C/C)nc23)[nH]c1C. The Morgan fingerprint density at radius 1 is 1.14 bits per heavy atom. The average Bonchev–Trinajstić information content (AvgIpc) is 3.58. The van der Waals surface area contributed by atoms with Gasteiger partial charge in [0.05, 0.1) is 16.9 Å². The standard InChI is InChI=1S/C36H43FN6/c1-8-13-30(28-19-26(20-29(37)21-28)14-12-17-43(6)7)31-22-34(39-24(31)5)36-35-33(41-42-36)16-15-32(40-35)27(10-3)18-25(9-2)23-38-11-4/h8-10,13,15-16,18-22,38-39H,1-2,11-12,14,17,23H2,3-7H3,(H,41,42)/b25-18+,27-10+,30-13-. The molecule has 0 aliphatic heterocycles. The fourth-order valence-corrected chi connectivity index (χ4v) is 5.18. The first kappa shape index (κ1) is 31.6. The van der Waals surface area contributed by atoms with Crippen molar-refractivity contribution in [2.75, 3.05) is 33.7 Å². The molecular formula is C36H43FN6. The van der Waals surface area contributed by atoms with Crippen LogP contribution in [-0.2, 0) is 6.42 Å². The zero-order valence-corrected chi connectivity index (χ0v) is 26.0. The number of allylic oxidation sites excluding steroid dienone is 5. The molecule has 0 amide bonds. The van der Waals surface area contributed by atoms with E-state index in [2.05, 4.69) is 83.9 Å².